The van der Waals surface area contributed by atoms with E-state index in [0.29, 0.717) is 17.1 Å². The smallest absolute Gasteiger partial charge is 0.319 e. The summed E-state index contributed by atoms with van der Waals surface area (Å²) >= 11 is 9.32. The topological polar surface area (TPSA) is 61.4 Å². The third-order valence-electron chi connectivity index (χ3n) is 2.74. The highest BCUT2D eigenvalue weighted by Gasteiger charge is 2.16. The number of hydrogen-bond donors (Lipinski definition) is 3. The maximum atomic E-state index is 11.9. The summed E-state index contributed by atoms with van der Waals surface area (Å²) in [6.07, 6.45) is 0.527. The zero-order valence-corrected chi connectivity index (χ0v) is 13.3. The van der Waals surface area contributed by atoms with Crippen molar-refractivity contribution in [1.82, 2.24) is 5.32 Å². The van der Waals surface area contributed by atoms with Gasteiger partial charge in [0.1, 0.15) is 0 Å². The maximum Gasteiger partial charge on any atom is 0.319 e. The molecule has 0 fully saturated rings. The van der Waals surface area contributed by atoms with E-state index in [2.05, 4.69) is 26.6 Å². The van der Waals surface area contributed by atoms with E-state index in [1.807, 2.05) is 13.8 Å². The molecule has 19 heavy (non-hydrogen) atoms. The van der Waals surface area contributed by atoms with Crippen LogP contribution in [0.5, 0.6) is 0 Å². The molecule has 3 N–H and O–H groups in total. The summed E-state index contributed by atoms with van der Waals surface area (Å²) in [6, 6.07) is 4.85. The van der Waals surface area contributed by atoms with Crippen molar-refractivity contribution in [3.05, 3.63) is 27.7 Å². The van der Waals surface area contributed by atoms with Gasteiger partial charge in [-0.3, -0.25) is 0 Å². The highest BCUT2D eigenvalue weighted by molar-refractivity contribution is 9.10. The van der Waals surface area contributed by atoms with Gasteiger partial charge in [-0.2, -0.15) is 0 Å². The van der Waals surface area contributed by atoms with Crippen LogP contribution in [0.3, 0.4) is 0 Å². The molecular formula is C13H18BrClN2O2. The van der Waals surface area contributed by atoms with Crippen LogP contribution in [0.15, 0.2) is 22.7 Å². The van der Waals surface area contributed by atoms with Crippen LogP contribution in [-0.2, 0) is 0 Å². The monoisotopic (exact) mass is 348 g/mol. The zero-order valence-electron chi connectivity index (χ0n) is 10.9. The molecule has 0 bridgehead atoms. The number of rotatable bonds is 5. The number of amides is 2. The first-order valence-electron chi connectivity index (χ1n) is 6.07. The van der Waals surface area contributed by atoms with Gasteiger partial charge in [0.2, 0.25) is 0 Å². The number of carbonyl (C=O) groups is 1. The Morgan fingerprint density at radius 1 is 1.47 bits per heavy atom. The van der Waals surface area contributed by atoms with Gasteiger partial charge in [0.15, 0.2) is 0 Å². The Bertz CT molecular complexity index is 441. The number of benzene rings is 1. The molecule has 0 aliphatic rings. The minimum Gasteiger partial charge on any atom is -0.396 e. The summed E-state index contributed by atoms with van der Waals surface area (Å²) in [5.41, 5.74) is 0.550. The Morgan fingerprint density at radius 2 is 2.16 bits per heavy atom. The number of aliphatic hydroxyl groups excluding tert-OH is 1. The van der Waals surface area contributed by atoms with Crippen molar-refractivity contribution in [2.24, 2.45) is 5.92 Å². The highest BCUT2D eigenvalue weighted by Crippen LogP contribution is 2.25. The van der Waals surface area contributed by atoms with Crippen LogP contribution in [0.25, 0.3) is 0 Å². The number of nitrogens with one attached hydrogen (secondary N) is 2. The minimum atomic E-state index is -0.323. The average Bonchev–Trinajstić information content (AvgIpc) is 2.32. The zero-order chi connectivity index (χ0) is 14.4. The highest BCUT2D eigenvalue weighted by atomic mass is 79.9. The fourth-order valence-corrected chi connectivity index (χ4v) is 2.35. The van der Waals surface area contributed by atoms with E-state index < -0.39 is 0 Å². The van der Waals surface area contributed by atoms with Gasteiger partial charge in [-0.1, -0.05) is 41.4 Å². The van der Waals surface area contributed by atoms with Crippen LogP contribution in [0.1, 0.15) is 20.3 Å². The summed E-state index contributed by atoms with van der Waals surface area (Å²) < 4.78 is 0.851. The summed E-state index contributed by atoms with van der Waals surface area (Å²) in [5, 5.41) is 15.0. The molecule has 0 aromatic heterocycles. The molecule has 0 aliphatic heterocycles. The van der Waals surface area contributed by atoms with Crippen LogP contribution in [-0.4, -0.2) is 23.8 Å². The average molecular weight is 350 g/mol. The number of anilines is 1. The largest absolute Gasteiger partial charge is 0.396 e. The molecule has 6 heteroatoms. The Kier molecular flexibility index (Phi) is 6.62. The minimum absolute atomic E-state index is 0.0438. The molecule has 0 heterocycles. The van der Waals surface area contributed by atoms with Crippen molar-refractivity contribution in [3.8, 4) is 0 Å². The second-order valence-electron chi connectivity index (χ2n) is 4.59. The summed E-state index contributed by atoms with van der Waals surface area (Å²) in [4.78, 5) is 11.9. The SMILES string of the molecule is CC(C)C(CCO)NC(=O)Nc1ccc(Br)cc1Cl. The van der Waals surface area contributed by atoms with Gasteiger partial charge in [-0.25, -0.2) is 4.79 Å². The molecule has 0 spiro atoms. The molecule has 106 valence electrons. The van der Waals surface area contributed by atoms with Gasteiger partial charge < -0.3 is 15.7 Å². The second-order valence-corrected chi connectivity index (χ2v) is 5.91. The molecule has 0 saturated carbocycles. The Morgan fingerprint density at radius 3 is 2.68 bits per heavy atom. The fraction of sp³-hybridized carbons (Fsp3) is 0.462. The fourth-order valence-electron chi connectivity index (χ4n) is 1.63. The first-order chi connectivity index (χ1) is 8.93. The summed E-state index contributed by atoms with van der Waals surface area (Å²) in [7, 11) is 0. The molecule has 1 unspecified atom stereocenters. The molecule has 0 aliphatic carbocycles. The van der Waals surface area contributed by atoms with E-state index in [9.17, 15) is 4.79 Å². The van der Waals surface area contributed by atoms with Crippen LogP contribution in [0, 0.1) is 5.92 Å². The molecule has 1 atom stereocenters. The molecule has 4 nitrogen and oxygen atoms in total. The Hall–Kier alpha value is -0.780. The third-order valence-corrected chi connectivity index (χ3v) is 3.55. The van der Waals surface area contributed by atoms with Crippen LogP contribution in [0.2, 0.25) is 5.02 Å². The van der Waals surface area contributed by atoms with Gasteiger partial charge in [-0.05, 0) is 30.5 Å². The molecule has 1 aromatic carbocycles. The summed E-state index contributed by atoms with van der Waals surface area (Å²) in [5.74, 6) is 0.248. The number of halogens is 2. The van der Waals surface area contributed by atoms with Gasteiger partial charge in [0.25, 0.3) is 0 Å². The lowest BCUT2D eigenvalue weighted by atomic mass is 10.0. The van der Waals surface area contributed by atoms with Crippen molar-refractivity contribution in [1.29, 1.82) is 0 Å². The first-order valence-corrected chi connectivity index (χ1v) is 7.24. The number of hydrogen-bond acceptors (Lipinski definition) is 2. The first kappa shape index (κ1) is 16.3. The van der Waals surface area contributed by atoms with Gasteiger partial charge in [-0.15, -0.1) is 0 Å². The predicted molar refractivity (Wildman–Crippen MR) is 81.6 cm³/mol. The van der Waals surface area contributed by atoms with E-state index in [-0.39, 0.29) is 24.6 Å². The number of carbonyl (C=O) groups excluding carboxylic acids is 1. The second kappa shape index (κ2) is 7.72. The molecule has 0 saturated heterocycles. The van der Waals surface area contributed by atoms with E-state index in [1.54, 1.807) is 18.2 Å². The van der Waals surface area contributed by atoms with E-state index in [1.165, 1.54) is 0 Å². The van der Waals surface area contributed by atoms with Crippen LogP contribution < -0.4 is 10.6 Å². The normalized spacial score (nSPS) is 12.3. The van der Waals surface area contributed by atoms with Gasteiger partial charge in [0.05, 0.1) is 10.7 Å². The van der Waals surface area contributed by atoms with E-state index in [4.69, 9.17) is 16.7 Å². The Balaban J connectivity index is 2.63. The number of aliphatic hydroxyl groups is 1. The van der Waals surface area contributed by atoms with Crippen molar-refractivity contribution in [2.75, 3.05) is 11.9 Å². The summed E-state index contributed by atoms with van der Waals surface area (Å²) in [6.45, 7) is 4.03. The molecule has 2 amide bonds. The van der Waals surface area contributed by atoms with Crippen molar-refractivity contribution < 1.29 is 9.90 Å². The van der Waals surface area contributed by atoms with Gasteiger partial charge >= 0.3 is 6.03 Å². The van der Waals surface area contributed by atoms with Crippen molar-refractivity contribution in [2.45, 2.75) is 26.3 Å². The van der Waals surface area contributed by atoms with E-state index in [0.717, 1.165) is 4.47 Å². The lowest BCUT2D eigenvalue weighted by Gasteiger charge is -2.21. The van der Waals surface area contributed by atoms with Crippen molar-refractivity contribution in [3.63, 3.8) is 0 Å². The Labute approximate surface area is 126 Å². The number of urea groups is 1. The lowest BCUT2D eigenvalue weighted by molar-refractivity contribution is 0.227. The standard InChI is InChI=1S/C13H18BrClN2O2/c1-8(2)11(5-6-18)16-13(19)17-12-4-3-9(14)7-10(12)15/h3-4,7-8,11,18H,5-6H2,1-2H3,(H2,16,17,19). The van der Waals surface area contributed by atoms with Gasteiger partial charge in [0, 0.05) is 17.1 Å². The van der Waals surface area contributed by atoms with E-state index >= 15 is 0 Å². The van der Waals surface area contributed by atoms with Crippen LogP contribution >= 0.6 is 27.5 Å². The molecule has 1 rings (SSSR count). The molecule has 1 aromatic rings. The molecular weight excluding hydrogens is 332 g/mol. The quantitative estimate of drug-likeness (QED) is 0.760. The predicted octanol–water partition coefficient (Wildman–Crippen LogP) is 3.63. The third kappa shape index (κ3) is 5.38. The molecule has 0 radical (unpaired) electrons. The van der Waals surface area contributed by atoms with Crippen molar-refractivity contribution >= 4 is 39.2 Å². The maximum absolute atomic E-state index is 11.9. The van der Waals surface area contributed by atoms with Crippen LogP contribution in [0.4, 0.5) is 10.5 Å². The lowest BCUT2D eigenvalue weighted by Crippen LogP contribution is -2.41.